The molecular weight excluding hydrogens is 316 g/mol. The van der Waals surface area contributed by atoms with Gasteiger partial charge in [0.1, 0.15) is 0 Å². The highest BCUT2D eigenvalue weighted by molar-refractivity contribution is 7.10. The van der Waals surface area contributed by atoms with E-state index >= 15 is 0 Å². The molecule has 0 N–H and O–H groups in total. The fourth-order valence-corrected chi connectivity index (χ4v) is 4.88. The summed E-state index contributed by atoms with van der Waals surface area (Å²) in [5.74, 6) is 0.312. The van der Waals surface area contributed by atoms with Crippen LogP contribution < -0.4 is 0 Å². The third-order valence-electron chi connectivity index (χ3n) is 5.26. The zero-order chi connectivity index (χ0) is 16.4. The molecule has 0 spiro atoms. The van der Waals surface area contributed by atoms with Crippen molar-refractivity contribution in [3.63, 3.8) is 0 Å². The van der Waals surface area contributed by atoms with Gasteiger partial charge in [0.2, 0.25) is 5.91 Å². The molecule has 3 nitrogen and oxygen atoms in total. The lowest BCUT2D eigenvalue weighted by molar-refractivity contribution is -0.133. The first-order chi connectivity index (χ1) is 11.8. The number of likely N-dealkylation sites (tertiary alicyclic amines) is 1. The molecule has 0 saturated carbocycles. The van der Waals surface area contributed by atoms with Crippen molar-refractivity contribution in [1.82, 2.24) is 9.80 Å². The van der Waals surface area contributed by atoms with Crippen molar-refractivity contribution < 1.29 is 4.79 Å². The van der Waals surface area contributed by atoms with Crippen molar-refractivity contribution in [2.75, 3.05) is 19.6 Å². The van der Waals surface area contributed by atoms with Crippen LogP contribution in [0.4, 0.5) is 0 Å². The monoisotopic (exact) mass is 340 g/mol. The van der Waals surface area contributed by atoms with Gasteiger partial charge in [-0.2, -0.15) is 0 Å². The number of hydrogen-bond donors (Lipinski definition) is 0. The molecule has 2 aromatic rings. The summed E-state index contributed by atoms with van der Waals surface area (Å²) < 4.78 is 0. The van der Waals surface area contributed by atoms with Crippen LogP contribution in [0.15, 0.2) is 41.8 Å². The van der Waals surface area contributed by atoms with Crippen molar-refractivity contribution in [3.8, 4) is 0 Å². The van der Waals surface area contributed by atoms with Crippen LogP contribution in [0.2, 0.25) is 0 Å². The maximum atomic E-state index is 12.9. The smallest absolute Gasteiger partial charge is 0.237 e. The molecule has 2 aliphatic rings. The molecule has 2 aliphatic heterocycles. The summed E-state index contributed by atoms with van der Waals surface area (Å²) in [7, 11) is 0. The number of thiophene rings is 1. The van der Waals surface area contributed by atoms with E-state index in [4.69, 9.17) is 0 Å². The van der Waals surface area contributed by atoms with Gasteiger partial charge in [0.25, 0.3) is 0 Å². The third-order valence-corrected chi connectivity index (χ3v) is 6.28. The number of nitrogens with zero attached hydrogens (tertiary/aromatic N) is 2. The number of fused-ring (bicyclic) bond motifs is 1. The quantitative estimate of drug-likeness (QED) is 0.852. The molecule has 1 aromatic heterocycles. The summed E-state index contributed by atoms with van der Waals surface area (Å²) >= 11 is 1.85. The van der Waals surface area contributed by atoms with Crippen LogP contribution in [0.3, 0.4) is 0 Å². The van der Waals surface area contributed by atoms with E-state index < -0.39 is 0 Å². The van der Waals surface area contributed by atoms with Crippen LogP contribution in [-0.4, -0.2) is 41.4 Å². The third kappa shape index (κ3) is 3.40. The summed E-state index contributed by atoms with van der Waals surface area (Å²) in [6.07, 6.45) is 4.35. The average molecular weight is 340 g/mol. The molecule has 4 rings (SSSR count). The Morgan fingerprint density at radius 3 is 2.92 bits per heavy atom. The molecule has 0 bridgehead atoms. The largest absolute Gasteiger partial charge is 0.338 e. The molecule has 126 valence electrons. The standard InChI is InChI=1S/C20H24N2OS/c23-20(15-21-11-8-19-17(14-21)9-12-24-19)22-10-4-7-18(22)13-16-5-2-1-3-6-16/h1-3,5-6,9,12,18H,4,7-8,10-11,13-15H2. The van der Waals surface area contributed by atoms with E-state index in [1.807, 2.05) is 11.3 Å². The molecule has 1 unspecified atom stereocenters. The first-order valence-electron chi connectivity index (χ1n) is 8.90. The second-order valence-corrected chi connectivity index (χ2v) is 7.90. The Labute approximate surface area is 147 Å². The second kappa shape index (κ2) is 7.08. The predicted molar refractivity (Wildman–Crippen MR) is 98.2 cm³/mol. The van der Waals surface area contributed by atoms with Gasteiger partial charge >= 0.3 is 0 Å². The van der Waals surface area contributed by atoms with E-state index in [0.717, 1.165) is 45.3 Å². The maximum absolute atomic E-state index is 12.9. The first kappa shape index (κ1) is 15.9. The van der Waals surface area contributed by atoms with Gasteiger partial charge in [-0.15, -0.1) is 11.3 Å². The minimum atomic E-state index is 0.312. The van der Waals surface area contributed by atoms with Gasteiger partial charge in [-0.3, -0.25) is 9.69 Å². The minimum Gasteiger partial charge on any atom is -0.338 e. The molecule has 1 fully saturated rings. The van der Waals surface area contributed by atoms with Crippen molar-refractivity contribution in [3.05, 3.63) is 57.8 Å². The van der Waals surface area contributed by atoms with Gasteiger partial charge < -0.3 is 4.90 Å². The molecule has 0 aliphatic carbocycles. The van der Waals surface area contributed by atoms with E-state index in [1.165, 1.54) is 16.0 Å². The lowest BCUT2D eigenvalue weighted by Gasteiger charge is -2.30. The van der Waals surface area contributed by atoms with Crippen molar-refractivity contribution in [2.45, 2.75) is 38.3 Å². The molecule has 3 heterocycles. The van der Waals surface area contributed by atoms with E-state index in [1.54, 1.807) is 0 Å². The van der Waals surface area contributed by atoms with Gasteiger partial charge in [-0.1, -0.05) is 30.3 Å². The summed E-state index contributed by atoms with van der Waals surface area (Å²) in [5, 5.41) is 2.17. The van der Waals surface area contributed by atoms with Crippen LogP contribution in [0.5, 0.6) is 0 Å². The van der Waals surface area contributed by atoms with Gasteiger partial charge in [0.05, 0.1) is 6.54 Å². The summed E-state index contributed by atoms with van der Waals surface area (Å²) in [6.45, 7) is 3.44. The summed E-state index contributed by atoms with van der Waals surface area (Å²) in [4.78, 5) is 18.8. The Kier molecular flexibility index (Phi) is 4.67. The topological polar surface area (TPSA) is 23.6 Å². The highest BCUT2D eigenvalue weighted by atomic mass is 32.1. The van der Waals surface area contributed by atoms with Crippen LogP contribution in [0.1, 0.15) is 28.8 Å². The zero-order valence-electron chi connectivity index (χ0n) is 14.0. The Balaban J connectivity index is 1.37. The number of amides is 1. The number of carbonyl (C=O) groups excluding carboxylic acids is 1. The van der Waals surface area contributed by atoms with Gasteiger partial charge in [-0.25, -0.2) is 0 Å². The van der Waals surface area contributed by atoms with Crippen LogP contribution in [-0.2, 0) is 24.2 Å². The molecule has 0 radical (unpaired) electrons. The lowest BCUT2D eigenvalue weighted by Crippen LogP contribution is -2.44. The highest BCUT2D eigenvalue weighted by Gasteiger charge is 2.30. The molecule has 1 atom stereocenters. The highest BCUT2D eigenvalue weighted by Crippen LogP contribution is 2.25. The van der Waals surface area contributed by atoms with Crippen LogP contribution in [0.25, 0.3) is 0 Å². The predicted octanol–water partition coefficient (Wildman–Crippen LogP) is 3.34. The Hall–Kier alpha value is -1.65. The summed E-state index contributed by atoms with van der Waals surface area (Å²) in [5.41, 5.74) is 2.75. The average Bonchev–Trinajstić information content (AvgIpc) is 3.24. The van der Waals surface area contributed by atoms with Crippen LogP contribution >= 0.6 is 11.3 Å². The van der Waals surface area contributed by atoms with Crippen LogP contribution in [0, 0.1) is 0 Å². The number of rotatable bonds is 4. The lowest BCUT2D eigenvalue weighted by atomic mass is 10.0. The molecule has 24 heavy (non-hydrogen) atoms. The normalized spacial score (nSPS) is 21.0. The summed E-state index contributed by atoms with van der Waals surface area (Å²) in [6, 6.07) is 13.2. The van der Waals surface area contributed by atoms with E-state index in [2.05, 4.69) is 51.6 Å². The Bertz CT molecular complexity index is 697. The van der Waals surface area contributed by atoms with Crippen molar-refractivity contribution in [2.24, 2.45) is 0 Å². The van der Waals surface area contributed by atoms with Crippen molar-refractivity contribution >= 4 is 17.2 Å². The Morgan fingerprint density at radius 1 is 1.17 bits per heavy atom. The maximum Gasteiger partial charge on any atom is 0.237 e. The molecule has 1 aromatic carbocycles. The molecule has 1 amide bonds. The van der Waals surface area contributed by atoms with Gasteiger partial charge in [-0.05, 0) is 48.3 Å². The number of hydrogen-bond acceptors (Lipinski definition) is 3. The van der Waals surface area contributed by atoms with Gasteiger partial charge in [0.15, 0.2) is 0 Å². The Morgan fingerprint density at radius 2 is 2.04 bits per heavy atom. The molecular formula is C20H24N2OS. The molecule has 4 heteroatoms. The van der Waals surface area contributed by atoms with Gasteiger partial charge in [0, 0.05) is 30.6 Å². The second-order valence-electron chi connectivity index (χ2n) is 6.90. The minimum absolute atomic E-state index is 0.312. The molecule has 1 saturated heterocycles. The van der Waals surface area contributed by atoms with E-state index in [0.29, 0.717) is 18.5 Å². The zero-order valence-corrected chi connectivity index (χ0v) is 14.8. The van der Waals surface area contributed by atoms with Crippen molar-refractivity contribution in [1.29, 1.82) is 0 Å². The SMILES string of the molecule is O=C(CN1CCc2sccc2C1)N1CCCC1Cc1ccccc1. The van der Waals surface area contributed by atoms with E-state index in [-0.39, 0.29) is 0 Å². The fraction of sp³-hybridized carbons (Fsp3) is 0.450. The van der Waals surface area contributed by atoms with E-state index in [9.17, 15) is 4.79 Å². The number of carbonyl (C=O) groups is 1. The first-order valence-corrected chi connectivity index (χ1v) is 9.78. The fourth-order valence-electron chi connectivity index (χ4n) is 3.99. The number of benzene rings is 1.